The van der Waals surface area contributed by atoms with Crippen LogP contribution in [0.15, 0.2) is 192 Å². The highest BCUT2D eigenvalue weighted by atomic mass is 16.3. The molecule has 0 bridgehead atoms. The summed E-state index contributed by atoms with van der Waals surface area (Å²) in [6, 6.07) is 66.2. The van der Waals surface area contributed by atoms with Gasteiger partial charge in [0.2, 0.25) is 0 Å². The van der Waals surface area contributed by atoms with Crippen molar-refractivity contribution in [3.05, 3.63) is 188 Å². The molecule has 4 aromatic heterocycles. The predicted molar refractivity (Wildman–Crippen MR) is 228 cm³/mol. The summed E-state index contributed by atoms with van der Waals surface area (Å²) in [6.07, 6.45) is 0. The van der Waals surface area contributed by atoms with Crippen molar-refractivity contribution in [3.63, 3.8) is 0 Å². The van der Waals surface area contributed by atoms with Gasteiger partial charge < -0.3 is 13.6 Å². The van der Waals surface area contributed by atoms with Crippen LogP contribution < -0.4 is 0 Å². The molecule has 0 saturated carbocycles. The molecule has 262 valence electrons. The first kappa shape index (κ1) is 30.7. The van der Waals surface area contributed by atoms with Gasteiger partial charge in [-0.15, -0.1) is 5.10 Å². The number of rotatable bonds is 5. The van der Waals surface area contributed by atoms with Crippen LogP contribution in [0.4, 0.5) is 0 Å². The highest BCUT2D eigenvalue weighted by Gasteiger charge is 2.23. The van der Waals surface area contributed by atoms with E-state index in [1.165, 1.54) is 5.39 Å². The van der Waals surface area contributed by atoms with Crippen molar-refractivity contribution in [1.29, 1.82) is 0 Å². The van der Waals surface area contributed by atoms with Crippen molar-refractivity contribution >= 4 is 65.6 Å². The maximum Gasteiger partial charge on any atom is 0.145 e. The van der Waals surface area contributed by atoms with Crippen LogP contribution in [0.1, 0.15) is 0 Å². The Morgan fingerprint density at radius 1 is 0.411 bits per heavy atom. The largest absolute Gasteiger partial charge is 0.455 e. The molecule has 0 N–H and O–H groups in total. The lowest BCUT2D eigenvalue weighted by Gasteiger charge is -2.17. The van der Waals surface area contributed by atoms with Crippen molar-refractivity contribution < 1.29 is 4.42 Å². The van der Waals surface area contributed by atoms with Gasteiger partial charge in [0.15, 0.2) is 0 Å². The number of fused-ring (bicyclic) bond motifs is 10. The zero-order valence-electron chi connectivity index (χ0n) is 30.0. The van der Waals surface area contributed by atoms with Gasteiger partial charge in [-0.05, 0) is 54.6 Å². The van der Waals surface area contributed by atoms with Crippen molar-refractivity contribution in [3.8, 4) is 39.6 Å². The fourth-order valence-corrected chi connectivity index (χ4v) is 8.80. The Bertz CT molecular complexity index is 3480. The first-order chi connectivity index (χ1) is 27.8. The van der Waals surface area contributed by atoms with E-state index in [9.17, 15) is 0 Å². The highest BCUT2D eigenvalue weighted by Crippen LogP contribution is 2.43. The number of para-hydroxylation sites is 5. The molecule has 4 heterocycles. The Morgan fingerprint density at radius 2 is 0.982 bits per heavy atom. The molecule has 0 amide bonds. The van der Waals surface area contributed by atoms with Crippen molar-refractivity contribution in [2.75, 3.05) is 0 Å². The summed E-state index contributed by atoms with van der Waals surface area (Å²) in [4.78, 5) is 0. The van der Waals surface area contributed by atoms with E-state index in [-0.39, 0.29) is 0 Å². The van der Waals surface area contributed by atoms with E-state index in [0.29, 0.717) is 0 Å². The van der Waals surface area contributed by atoms with E-state index >= 15 is 0 Å². The summed E-state index contributed by atoms with van der Waals surface area (Å²) in [5.41, 5.74) is 13.1. The molecule has 0 radical (unpaired) electrons. The maximum atomic E-state index is 6.64. The van der Waals surface area contributed by atoms with Crippen LogP contribution in [-0.2, 0) is 0 Å². The Labute approximate surface area is 320 Å². The summed E-state index contributed by atoms with van der Waals surface area (Å²) in [5, 5.41) is 16.5. The van der Waals surface area contributed by atoms with E-state index in [4.69, 9.17) is 14.7 Å². The second-order valence-electron chi connectivity index (χ2n) is 14.3. The zero-order valence-corrected chi connectivity index (χ0v) is 30.0. The van der Waals surface area contributed by atoms with Crippen LogP contribution >= 0.6 is 0 Å². The predicted octanol–water partition coefficient (Wildman–Crippen LogP) is 12.7. The lowest BCUT2D eigenvalue weighted by atomic mass is 10.0. The van der Waals surface area contributed by atoms with Gasteiger partial charge in [0.1, 0.15) is 22.6 Å². The van der Waals surface area contributed by atoms with Crippen LogP contribution in [0.25, 0.3) is 105 Å². The summed E-state index contributed by atoms with van der Waals surface area (Å²) >= 11 is 0. The summed E-state index contributed by atoms with van der Waals surface area (Å²) in [5.74, 6) is 0. The third-order valence-corrected chi connectivity index (χ3v) is 11.2. The molecule has 56 heavy (non-hydrogen) atoms. The summed E-state index contributed by atoms with van der Waals surface area (Å²) in [7, 11) is 0. The van der Waals surface area contributed by atoms with E-state index in [1.807, 2.05) is 35.0 Å². The minimum absolute atomic E-state index is 0.840. The molecule has 6 nitrogen and oxygen atoms in total. The summed E-state index contributed by atoms with van der Waals surface area (Å²) < 4.78 is 13.4. The lowest BCUT2D eigenvalue weighted by Crippen LogP contribution is -2.04. The van der Waals surface area contributed by atoms with Gasteiger partial charge in [0, 0.05) is 38.1 Å². The fourth-order valence-electron chi connectivity index (χ4n) is 8.80. The Hall–Kier alpha value is -7.70. The van der Waals surface area contributed by atoms with Gasteiger partial charge in [-0.1, -0.05) is 139 Å². The molecule has 12 aromatic rings. The molecule has 8 aromatic carbocycles. The van der Waals surface area contributed by atoms with Crippen molar-refractivity contribution in [2.45, 2.75) is 0 Å². The second-order valence-corrected chi connectivity index (χ2v) is 14.3. The van der Waals surface area contributed by atoms with Crippen LogP contribution in [0, 0.1) is 0 Å². The van der Waals surface area contributed by atoms with E-state index < -0.39 is 0 Å². The minimum Gasteiger partial charge on any atom is -0.455 e. The second kappa shape index (κ2) is 11.9. The highest BCUT2D eigenvalue weighted by molar-refractivity contribution is 6.24. The number of furan rings is 1. The van der Waals surface area contributed by atoms with Gasteiger partial charge in [-0.2, -0.15) is 0 Å². The van der Waals surface area contributed by atoms with E-state index in [1.54, 1.807) is 0 Å². The Kier molecular flexibility index (Phi) is 6.53. The number of nitrogens with zero attached hydrogens (tertiary/aromatic N) is 5. The maximum absolute atomic E-state index is 6.64. The number of hydrogen-bond acceptors (Lipinski definition) is 3. The normalized spacial score (nSPS) is 11.9. The molecular formula is C50H31N5O. The van der Waals surface area contributed by atoms with E-state index in [2.05, 4.69) is 167 Å². The standard InChI is InChI=1S/C50H31N5O/c1-3-15-32(16-4-1)48-49(33-17-5-2-6-18-33)55(52-51-48)34-27-28-36-35-19-7-10-22-40(35)54(45(36)31-34)43-25-13-12-24-42(43)53-41-23-11-8-21-39(41)47-44(53)30-29-38-37-20-9-14-26-46(37)56-50(38)47/h1-31H. The van der Waals surface area contributed by atoms with Crippen molar-refractivity contribution in [2.24, 2.45) is 0 Å². The molecule has 0 fully saturated rings. The van der Waals surface area contributed by atoms with Gasteiger partial charge in [-0.3, -0.25) is 0 Å². The fraction of sp³-hybridized carbons (Fsp3) is 0. The van der Waals surface area contributed by atoms with Crippen LogP contribution in [0.5, 0.6) is 0 Å². The zero-order chi connectivity index (χ0) is 36.7. The molecule has 0 unspecified atom stereocenters. The quantitative estimate of drug-likeness (QED) is 0.178. The van der Waals surface area contributed by atoms with Crippen LogP contribution in [-0.4, -0.2) is 24.1 Å². The third kappa shape index (κ3) is 4.38. The van der Waals surface area contributed by atoms with Gasteiger partial charge >= 0.3 is 0 Å². The average molecular weight is 718 g/mol. The first-order valence-electron chi connectivity index (χ1n) is 18.9. The third-order valence-electron chi connectivity index (χ3n) is 11.2. The molecule has 12 rings (SSSR count). The Balaban J connectivity index is 1.13. The topological polar surface area (TPSA) is 53.7 Å². The van der Waals surface area contributed by atoms with Crippen LogP contribution in [0.3, 0.4) is 0 Å². The smallest absolute Gasteiger partial charge is 0.145 e. The minimum atomic E-state index is 0.840. The molecule has 0 aliphatic rings. The molecule has 0 aliphatic heterocycles. The molecular weight excluding hydrogens is 687 g/mol. The van der Waals surface area contributed by atoms with Crippen LogP contribution in [0.2, 0.25) is 0 Å². The number of hydrogen-bond donors (Lipinski definition) is 0. The van der Waals surface area contributed by atoms with Crippen molar-refractivity contribution in [1.82, 2.24) is 24.1 Å². The van der Waals surface area contributed by atoms with Gasteiger partial charge in [-0.25, -0.2) is 4.68 Å². The van der Waals surface area contributed by atoms with E-state index in [0.717, 1.165) is 99.7 Å². The number of benzene rings is 8. The average Bonchev–Trinajstić information content (AvgIpc) is 4.03. The lowest BCUT2D eigenvalue weighted by molar-refractivity contribution is 0.673. The summed E-state index contributed by atoms with van der Waals surface area (Å²) in [6.45, 7) is 0. The molecule has 0 aliphatic carbocycles. The molecule has 0 saturated heterocycles. The molecule has 0 spiro atoms. The van der Waals surface area contributed by atoms with Gasteiger partial charge in [0.25, 0.3) is 0 Å². The first-order valence-corrected chi connectivity index (χ1v) is 18.9. The SMILES string of the molecule is c1ccc(-c2nnn(-c3ccc4c5ccccc5n(-c5ccccc5-n5c6ccccc6c6c7oc8ccccc8c7ccc65)c4c3)c2-c2ccccc2)cc1. The molecule has 6 heteroatoms. The monoisotopic (exact) mass is 717 g/mol. The number of aromatic nitrogens is 5. The Morgan fingerprint density at radius 3 is 1.75 bits per heavy atom. The molecule has 0 atom stereocenters. The van der Waals surface area contributed by atoms with Gasteiger partial charge in [0.05, 0.1) is 44.5 Å².